The predicted octanol–water partition coefficient (Wildman–Crippen LogP) is 4.63. The molecule has 0 spiro atoms. The number of ether oxygens (including phenoxy) is 6. The Labute approximate surface area is 335 Å². The van der Waals surface area contributed by atoms with Crippen molar-refractivity contribution in [1.29, 1.82) is 0 Å². The number of aromatic nitrogens is 4. The zero-order valence-electron chi connectivity index (χ0n) is 32.6. The molecule has 3 heterocycles. The fourth-order valence-electron chi connectivity index (χ4n) is 6.50. The van der Waals surface area contributed by atoms with E-state index in [0.717, 1.165) is 16.7 Å². The highest BCUT2D eigenvalue weighted by atomic mass is 19.5. The van der Waals surface area contributed by atoms with Crippen LogP contribution in [0.1, 0.15) is 41.3 Å². The van der Waals surface area contributed by atoms with Crippen LogP contribution in [0.5, 0.6) is 11.5 Å². The minimum atomic E-state index is -6.00. The third-order valence-electron chi connectivity index (χ3n) is 9.28. The van der Waals surface area contributed by atoms with Gasteiger partial charge in [0.25, 0.3) is 5.56 Å². The molecule has 2 aromatic heterocycles. The quantitative estimate of drug-likeness (QED) is 0.0395. The molecular formula is C40H43BF4N4O10. The minimum absolute atomic E-state index is 0.0360. The number of nitrogens with one attached hydrogen (secondary N) is 1. The number of rotatable bonds is 15. The van der Waals surface area contributed by atoms with E-state index in [9.17, 15) is 36.4 Å². The Balaban J connectivity index is 0.00000125. The third kappa shape index (κ3) is 11.7. The molecule has 3 atom stereocenters. The molecule has 0 amide bonds. The van der Waals surface area contributed by atoms with Gasteiger partial charge in [-0.3, -0.25) is 23.9 Å². The van der Waals surface area contributed by atoms with Crippen molar-refractivity contribution in [2.24, 2.45) is 7.05 Å². The number of carbonyl (C=O) groups excluding carboxylic acids is 2. The first kappa shape index (κ1) is 43.9. The molecule has 0 aliphatic carbocycles. The van der Waals surface area contributed by atoms with E-state index in [1.165, 1.54) is 10.8 Å². The Kier molecular flexibility index (Phi) is 14.5. The number of aryl methyl sites for hydroxylation is 2. The highest BCUT2D eigenvalue weighted by molar-refractivity contribution is 6.50. The summed E-state index contributed by atoms with van der Waals surface area (Å²) in [7, 11) is -0.941. The van der Waals surface area contributed by atoms with Crippen molar-refractivity contribution in [3.8, 4) is 11.5 Å². The van der Waals surface area contributed by atoms with Gasteiger partial charge in [-0.2, -0.15) is 0 Å². The van der Waals surface area contributed by atoms with Crippen LogP contribution in [0.25, 0.3) is 0 Å². The number of esters is 2. The summed E-state index contributed by atoms with van der Waals surface area (Å²) in [6.07, 6.45) is 3.55. The summed E-state index contributed by atoms with van der Waals surface area (Å²) in [4.78, 5) is 53.3. The average Bonchev–Trinajstić information content (AvgIpc) is 3.81. The Hall–Kier alpha value is -6.21. The molecule has 1 fully saturated rings. The van der Waals surface area contributed by atoms with Crippen molar-refractivity contribution in [2.75, 3.05) is 27.4 Å². The fraction of sp³-hybridized carbons (Fsp3) is 0.325. The van der Waals surface area contributed by atoms with Gasteiger partial charge in [0.1, 0.15) is 67.5 Å². The molecule has 1 N–H and O–H groups in total. The standard InChI is InChI=1S/C40H42N4O10.BF4/c1-27-24-44(39(48)41-38(27)47)35-22-33(54-37(46)23-36(45)51-21-20-43-19-18-42(2)26-43)34(53-35)25-52-40(28-8-6-5-7-9-28,29-10-14-31(49-3)15-11-29)30-12-16-32(50-4)17-13-30;2-1(3,4)5/h5-19,24,26,33-35H,20-23,25H2,1-4H3;/q;-1/p+1/t33-,34+,35+;/m0./s1. The number of imidazole rings is 1. The summed E-state index contributed by atoms with van der Waals surface area (Å²) in [5.74, 6) is -0.252. The van der Waals surface area contributed by atoms with Crippen molar-refractivity contribution >= 4 is 19.2 Å². The van der Waals surface area contributed by atoms with Gasteiger partial charge in [0, 0.05) is 18.2 Å². The SMILES string of the molecule is COc1ccc(C(OC[C@H]2O[C@@H](n3cc(C)c(=O)[nH]c3=O)C[C@@H]2OC(=O)CC(=O)OCCn2cc[n+](C)c2)(c2ccccc2)c2ccc(OC)cc2)cc1.F[B-](F)(F)F. The Morgan fingerprint density at radius 2 is 1.47 bits per heavy atom. The number of benzene rings is 3. The maximum atomic E-state index is 13.2. The molecule has 3 aromatic carbocycles. The molecule has 0 bridgehead atoms. The zero-order valence-corrected chi connectivity index (χ0v) is 32.6. The second-order valence-electron chi connectivity index (χ2n) is 13.4. The van der Waals surface area contributed by atoms with Gasteiger partial charge in [-0.05, 0) is 47.9 Å². The lowest BCUT2D eigenvalue weighted by Crippen LogP contribution is -2.39. The van der Waals surface area contributed by atoms with Crippen LogP contribution < -0.4 is 25.3 Å². The van der Waals surface area contributed by atoms with E-state index in [0.29, 0.717) is 23.6 Å². The predicted molar refractivity (Wildman–Crippen MR) is 204 cm³/mol. The highest BCUT2D eigenvalue weighted by Gasteiger charge is 2.44. The minimum Gasteiger partial charge on any atom is -0.497 e. The van der Waals surface area contributed by atoms with Crippen LogP contribution in [0.15, 0.2) is 113 Å². The average molecular weight is 827 g/mol. The van der Waals surface area contributed by atoms with Gasteiger partial charge in [0.15, 0.2) is 0 Å². The van der Waals surface area contributed by atoms with Gasteiger partial charge < -0.3 is 45.7 Å². The number of H-pyrrole nitrogens is 1. The smallest absolute Gasteiger partial charge is 0.497 e. The largest absolute Gasteiger partial charge is 0.673 e. The van der Waals surface area contributed by atoms with Gasteiger partial charge in [-0.1, -0.05) is 54.6 Å². The summed E-state index contributed by atoms with van der Waals surface area (Å²) in [6, 6.07) is 24.7. The van der Waals surface area contributed by atoms with E-state index >= 15 is 0 Å². The molecule has 1 aliphatic rings. The first-order valence-corrected chi connectivity index (χ1v) is 18.3. The molecule has 59 heavy (non-hydrogen) atoms. The van der Waals surface area contributed by atoms with Gasteiger partial charge in [0.05, 0.1) is 27.9 Å². The fourth-order valence-corrected chi connectivity index (χ4v) is 6.50. The summed E-state index contributed by atoms with van der Waals surface area (Å²) < 4.78 is 79.5. The maximum Gasteiger partial charge on any atom is 0.673 e. The molecule has 1 saturated heterocycles. The Morgan fingerprint density at radius 1 is 0.898 bits per heavy atom. The van der Waals surface area contributed by atoms with Crippen molar-refractivity contribution in [3.05, 3.63) is 147 Å². The Bertz CT molecular complexity index is 2230. The highest BCUT2D eigenvalue weighted by Crippen LogP contribution is 2.43. The van der Waals surface area contributed by atoms with Crippen LogP contribution in [0.3, 0.4) is 0 Å². The Morgan fingerprint density at radius 3 is 2.02 bits per heavy atom. The molecule has 19 heteroatoms. The number of methoxy groups -OCH3 is 2. The van der Waals surface area contributed by atoms with E-state index in [4.69, 9.17) is 28.4 Å². The van der Waals surface area contributed by atoms with Crippen molar-refractivity contribution in [1.82, 2.24) is 14.1 Å². The van der Waals surface area contributed by atoms with E-state index in [1.54, 1.807) is 21.1 Å². The molecule has 0 unspecified atom stereocenters. The zero-order chi connectivity index (χ0) is 42.7. The second kappa shape index (κ2) is 19.5. The molecule has 0 saturated carbocycles. The summed E-state index contributed by atoms with van der Waals surface area (Å²) in [6.45, 7) is 1.93. The van der Waals surface area contributed by atoms with Crippen molar-refractivity contribution in [2.45, 2.75) is 50.3 Å². The van der Waals surface area contributed by atoms with Crippen LogP contribution in [0.2, 0.25) is 0 Å². The normalized spacial score (nSPS) is 16.4. The van der Waals surface area contributed by atoms with Crippen LogP contribution >= 0.6 is 0 Å². The lowest BCUT2D eigenvalue weighted by atomic mass is 9.80. The van der Waals surface area contributed by atoms with Crippen molar-refractivity contribution in [3.63, 3.8) is 0 Å². The molecule has 0 radical (unpaired) electrons. The molecule has 5 aromatic rings. The van der Waals surface area contributed by atoms with Crippen LogP contribution in [0, 0.1) is 6.92 Å². The van der Waals surface area contributed by atoms with E-state index < -0.39 is 60.9 Å². The monoisotopic (exact) mass is 826 g/mol. The molecule has 6 rings (SSSR count). The number of hydrogen-bond acceptors (Lipinski definition) is 10. The topological polar surface area (TPSA) is 153 Å². The number of nitrogens with zero attached hydrogens (tertiary/aromatic N) is 3. The maximum absolute atomic E-state index is 13.2. The number of hydrogen-bond donors (Lipinski definition) is 1. The van der Waals surface area contributed by atoms with E-state index in [-0.39, 0.29) is 19.6 Å². The molecule has 14 nitrogen and oxygen atoms in total. The first-order valence-electron chi connectivity index (χ1n) is 18.3. The summed E-state index contributed by atoms with van der Waals surface area (Å²) in [5, 5.41) is 0. The molecule has 1 aliphatic heterocycles. The van der Waals surface area contributed by atoms with Gasteiger partial charge in [0.2, 0.25) is 6.33 Å². The summed E-state index contributed by atoms with van der Waals surface area (Å²) >= 11 is 0. The number of halogens is 4. The van der Waals surface area contributed by atoms with Crippen LogP contribution in [0.4, 0.5) is 17.3 Å². The van der Waals surface area contributed by atoms with Gasteiger partial charge >= 0.3 is 24.9 Å². The lowest BCUT2D eigenvalue weighted by molar-refractivity contribution is -0.671. The van der Waals surface area contributed by atoms with Crippen LogP contribution in [-0.2, 0) is 47.7 Å². The molecule has 314 valence electrons. The first-order chi connectivity index (χ1) is 28.1. The van der Waals surface area contributed by atoms with Gasteiger partial charge in [-0.25, -0.2) is 13.9 Å². The number of carbonyl (C=O) groups is 2. The van der Waals surface area contributed by atoms with E-state index in [1.807, 2.05) is 114 Å². The third-order valence-corrected chi connectivity index (χ3v) is 9.28. The number of aromatic amines is 1. The summed E-state index contributed by atoms with van der Waals surface area (Å²) in [5.41, 5.74) is 0.211. The van der Waals surface area contributed by atoms with Crippen molar-refractivity contribution < 1.29 is 59.8 Å². The second-order valence-corrected chi connectivity index (χ2v) is 13.4. The van der Waals surface area contributed by atoms with E-state index in [2.05, 4.69) is 4.98 Å². The van der Waals surface area contributed by atoms with Crippen LogP contribution in [-0.4, -0.2) is 73.0 Å². The molecular weight excluding hydrogens is 783 g/mol. The van der Waals surface area contributed by atoms with Gasteiger partial charge in [-0.15, -0.1) is 0 Å². The lowest BCUT2D eigenvalue weighted by Gasteiger charge is -2.37.